The quantitative estimate of drug-likeness (QED) is 0.920. The fraction of sp³-hybridized carbons (Fsp3) is 0.600. The summed E-state index contributed by atoms with van der Waals surface area (Å²) in [4.78, 5) is 4.83. The van der Waals surface area contributed by atoms with Gasteiger partial charge in [0.15, 0.2) is 0 Å². The summed E-state index contributed by atoms with van der Waals surface area (Å²) in [5, 5.41) is 0.782. The fourth-order valence-electron chi connectivity index (χ4n) is 2.87. The molecule has 0 spiro atoms. The Kier molecular flexibility index (Phi) is 5.22. The van der Waals surface area contributed by atoms with Crippen LogP contribution < -0.4 is 5.73 Å². The zero-order valence-corrected chi connectivity index (χ0v) is 12.6. The van der Waals surface area contributed by atoms with Crippen molar-refractivity contribution >= 4 is 11.6 Å². The monoisotopic (exact) mass is 281 g/mol. The third-order valence-corrected chi connectivity index (χ3v) is 4.33. The van der Waals surface area contributed by atoms with E-state index in [9.17, 15) is 0 Å². The maximum atomic E-state index is 6.01. The molecule has 19 heavy (non-hydrogen) atoms. The Bertz CT molecular complexity index is 391. The van der Waals surface area contributed by atoms with Crippen LogP contribution in [0.15, 0.2) is 24.3 Å². The van der Waals surface area contributed by atoms with Crippen molar-refractivity contribution in [2.75, 3.05) is 33.7 Å². The van der Waals surface area contributed by atoms with Crippen molar-refractivity contribution in [1.82, 2.24) is 9.80 Å². The van der Waals surface area contributed by atoms with E-state index >= 15 is 0 Å². The van der Waals surface area contributed by atoms with E-state index in [2.05, 4.69) is 36.0 Å². The predicted octanol–water partition coefficient (Wildman–Crippen LogP) is 2.37. The van der Waals surface area contributed by atoms with Crippen LogP contribution in [0.3, 0.4) is 0 Å². The van der Waals surface area contributed by atoms with Gasteiger partial charge in [-0.15, -0.1) is 0 Å². The third-order valence-electron chi connectivity index (χ3n) is 4.08. The number of piperidine rings is 1. The Labute approximate surface area is 121 Å². The summed E-state index contributed by atoms with van der Waals surface area (Å²) in [6.07, 6.45) is 2.52. The summed E-state index contributed by atoms with van der Waals surface area (Å²) in [5.41, 5.74) is 7.28. The van der Waals surface area contributed by atoms with Gasteiger partial charge in [0.05, 0.1) is 0 Å². The van der Waals surface area contributed by atoms with Gasteiger partial charge in [0.2, 0.25) is 0 Å². The minimum Gasteiger partial charge on any atom is -0.329 e. The van der Waals surface area contributed by atoms with Crippen molar-refractivity contribution in [1.29, 1.82) is 0 Å². The van der Waals surface area contributed by atoms with Gasteiger partial charge in [-0.2, -0.15) is 0 Å². The Morgan fingerprint density at radius 2 is 2.05 bits per heavy atom. The molecule has 0 radical (unpaired) electrons. The smallest absolute Gasteiger partial charge is 0.0471 e. The van der Waals surface area contributed by atoms with Gasteiger partial charge in [-0.25, -0.2) is 0 Å². The molecule has 2 unspecified atom stereocenters. The lowest BCUT2D eigenvalue weighted by atomic mass is 9.99. The van der Waals surface area contributed by atoms with Crippen LogP contribution in [0.1, 0.15) is 24.4 Å². The van der Waals surface area contributed by atoms with Crippen molar-refractivity contribution in [2.45, 2.75) is 24.9 Å². The number of benzene rings is 1. The summed E-state index contributed by atoms with van der Waals surface area (Å²) in [5.74, 6) is 0. The second-order valence-corrected chi connectivity index (χ2v) is 5.99. The number of nitrogens with two attached hydrogens (primary N) is 1. The van der Waals surface area contributed by atoms with Crippen molar-refractivity contribution in [3.05, 3.63) is 34.9 Å². The zero-order valence-electron chi connectivity index (χ0n) is 11.8. The van der Waals surface area contributed by atoms with Crippen LogP contribution in [0, 0.1) is 0 Å². The minimum absolute atomic E-state index is 0.306. The summed E-state index contributed by atoms with van der Waals surface area (Å²) < 4.78 is 0. The number of halogens is 1. The van der Waals surface area contributed by atoms with Crippen LogP contribution >= 0.6 is 11.6 Å². The van der Waals surface area contributed by atoms with Crippen LogP contribution in [-0.2, 0) is 0 Å². The van der Waals surface area contributed by atoms with Crippen LogP contribution in [0.25, 0.3) is 0 Å². The van der Waals surface area contributed by atoms with E-state index in [0.29, 0.717) is 18.6 Å². The molecule has 0 bridgehead atoms. The first-order valence-electron chi connectivity index (χ1n) is 6.98. The highest BCUT2D eigenvalue weighted by Gasteiger charge is 2.26. The average molecular weight is 282 g/mol. The Morgan fingerprint density at radius 1 is 1.37 bits per heavy atom. The zero-order chi connectivity index (χ0) is 13.8. The summed E-state index contributed by atoms with van der Waals surface area (Å²) in [6.45, 7) is 2.88. The lowest BCUT2D eigenvalue weighted by Crippen LogP contribution is -2.47. The van der Waals surface area contributed by atoms with Crippen LogP contribution in [0.4, 0.5) is 0 Å². The lowest BCUT2D eigenvalue weighted by Gasteiger charge is -2.40. The Morgan fingerprint density at radius 3 is 2.63 bits per heavy atom. The van der Waals surface area contributed by atoms with E-state index in [0.717, 1.165) is 18.1 Å². The maximum absolute atomic E-state index is 6.01. The van der Waals surface area contributed by atoms with Gasteiger partial charge in [-0.3, -0.25) is 4.90 Å². The lowest BCUT2D eigenvalue weighted by molar-refractivity contribution is 0.0984. The second kappa shape index (κ2) is 6.71. The summed E-state index contributed by atoms with van der Waals surface area (Å²) in [7, 11) is 4.32. The highest BCUT2D eigenvalue weighted by Crippen LogP contribution is 2.26. The SMILES string of the molecule is CN(C)C1CCCN(C(CN)c2ccc(Cl)cc2)C1. The van der Waals surface area contributed by atoms with Crippen molar-refractivity contribution in [2.24, 2.45) is 5.73 Å². The normalized spacial score (nSPS) is 22.7. The molecular formula is C15H24ClN3. The van der Waals surface area contributed by atoms with E-state index in [-0.39, 0.29) is 0 Å². The van der Waals surface area contributed by atoms with E-state index in [1.54, 1.807) is 0 Å². The maximum Gasteiger partial charge on any atom is 0.0471 e. The molecular weight excluding hydrogens is 258 g/mol. The number of rotatable bonds is 4. The van der Waals surface area contributed by atoms with Crippen molar-refractivity contribution < 1.29 is 0 Å². The molecule has 2 N–H and O–H groups in total. The molecule has 0 aliphatic carbocycles. The highest BCUT2D eigenvalue weighted by atomic mass is 35.5. The molecule has 0 aromatic heterocycles. The minimum atomic E-state index is 0.306. The van der Waals surface area contributed by atoms with Gasteiger partial charge in [0.1, 0.15) is 0 Å². The predicted molar refractivity (Wildman–Crippen MR) is 81.5 cm³/mol. The number of hydrogen-bond acceptors (Lipinski definition) is 3. The van der Waals surface area contributed by atoms with Crippen LogP contribution in [-0.4, -0.2) is 49.6 Å². The number of nitrogens with zero attached hydrogens (tertiary/aromatic N) is 2. The molecule has 3 nitrogen and oxygen atoms in total. The molecule has 0 saturated carbocycles. The first kappa shape index (κ1) is 14.8. The molecule has 0 amide bonds. The molecule has 1 fully saturated rings. The molecule has 106 valence electrons. The average Bonchev–Trinajstić information content (AvgIpc) is 2.42. The first-order valence-corrected chi connectivity index (χ1v) is 7.35. The van der Waals surface area contributed by atoms with Gasteiger partial charge >= 0.3 is 0 Å². The number of likely N-dealkylation sites (tertiary alicyclic amines) is 1. The molecule has 4 heteroatoms. The summed E-state index contributed by atoms with van der Waals surface area (Å²) in [6, 6.07) is 9.04. The van der Waals surface area contributed by atoms with Crippen molar-refractivity contribution in [3.63, 3.8) is 0 Å². The van der Waals surface area contributed by atoms with E-state index in [1.165, 1.54) is 18.4 Å². The third kappa shape index (κ3) is 3.69. The highest BCUT2D eigenvalue weighted by molar-refractivity contribution is 6.30. The Hall–Kier alpha value is -0.610. The number of likely N-dealkylation sites (N-methyl/N-ethyl adjacent to an activating group) is 1. The molecule has 2 atom stereocenters. The van der Waals surface area contributed by atoms with E-state index < -0.39 is 0 Å². The van der Waals surface area contributed by atoms with Gasteiger partial charge in [0.25, 0.3) is 0 Å². The van der Waals surface area contributed by atoms with E-state index in [4.69, 9.17) is 17.3 Å². The van der Waals surface area contributed by atoms with Gasteiger partial charge in [0, 0.05) is 30.2 Å². The molecule has 1 aliphatic rings. The van der Waals surface area contributed by atoms with Crippen molar-refractivity contribution in [3.8, 4) is 0 Å². The van der Waals surface area contributed by atoms with Crippen LogP contribution in [0.2, 0.25) is 5.02 Å². The van der Waals surface area contributed by atoms with Crippen LogP contribution in [0.5, 0.6) is 0 Å². The van der Waals surface area contributed by atoms with Gasteiger partial charge in [-0.05, 0) is 51.2 Å². The molecule has 2 rings (SSSR count). The summed E-state index contributed by atoms with van der Waals surface area (Å²) >= 11 is 5.96. The van der Waals surface area contributed by atoms with E-state index in [1.807, 2.05) is 12.1 Å². The first-order chi connectivity index (χ1) is 9.11. The fourth-order valence-corrected chi connectivity index (χ4v) is 2.99. The number of hydrogen-bond donors (Lipinski definition) is 1. The molecule has 1 saturated heterocycles. The molecule has 1 aromatic carbocycles. The molecule has 1 aliphatic heterocycles. The molecule has 1 heterocycles. The van der Waals surface area contributed by atoms with Gasteiger partial charge in [-0.1, -0.05) is 23.7 Å². The standard InChI is InChI=1S/C15H24ClN3/c1-18(2)14-4-3-9-19(11-14)15(10-17)12-5-7-13(16)8-6-12/h5-8,14-15H,3-4,9-11,17H2,1-2H3. The largest absolute Gasteiger partial charge is 0.329 e. The van der Waals surface area contributed by atoms with Gasteiger partial charge < -0.3 is 10.6 Å². The second-order valence-electron chi connectivity index (χ2n) is 5.56. The topological polar surface area (TPSA) is 32.5 Å². The molecule has 1 aromatic rings. The Balaban J connectivity index is 2.10.